The normalized spacial score (nSPS) is 31.2. The Kier molecular flexibility index (Phi) is 6.68. The van der Waals surface area contributed by atoms with E-state index in [9.17, 15) is 19.2 Å². The van der Waals surface area contributed by atoms with Crippen LogP contribution in [0, 0.1) is 23.7 Å². The molecule has 0 unspecified atom stereocenters. The fourth-order valence-electron chi connectivity index (χ4n) is 4.83. The lowest BCUT2D eigenvalue weighted by molar-refractivity contribution is -0.149. The van der Waals surface area contributed by atoms with Gasteiger partial charge in [-0.15, -0.1) is 0 Å². The lowest BCUT2D eigenvalue weighted by Gasteiger charge is -2.28. The maximum absolute atomic E-state index is 12.8. The fourth-order valence-corrected chi connectivity index (χ4v) is 7.04. The molecule has 1 heterocycles. The minimum Gasteiger partial charge on any atom is -0.456 e. The molecular weight excluding hydrogens is 579 g/mol. The summed E-state index contributed by atoms with van der Waals surface area (Å²) in [7, 11) is 0. The molecule has 0 aromatic heterocycles. The predicted octanol–water partition coefficient (Wildman–Crippen LogP) is 3.64. The number of benzene rings is 1. The van der Waals surface area contributed by atoms with Gasteiger partial charge in [-0.05, 0) is 36.5 Å². The van der Waals surface area contributed by atoms with Crippen molar-refractivity contribution in [2.45, 2.75) is 22.5 Å². The fraction of sp³-hybridized carbons (Fsp3) is 0.500. The first-order valence-corrected chi connectivity index (χ1v) is 12.3. The SMILES string of the molecule is O=C(COC(=O)CCN1C(=O)[C@@H]2[C@H]3C[C@@H]([C@H](Br)[C@@H]3Br)[C@@H]2C1=O)Nc1cc(Cl)ccc1Cl. The smallest absolute Gasteiger partial charge is 0.308 e. The second-order valence-electron chi connectivity index (χ2n) is 7.91. The van der Waals surface area contributed by atoms with Gasteiger partial charge in [0.2, 0.25) is 11.8 Å². The van der Waals surface area contributed by atoms with E-state index >= 15 is 0 Å². The number of likely N-dealkylation sites (tertiary alicyclic amines) is 1. The molecule has 3 fully saturated rings. The van der Waals surface area contributed by atoms with Crippen molar-refractivity contribution >= 4 is 84.4 Å². The van der Waals surface area contributed by atoms with E-state index in [4.69, 9.17) is 27.9 Å². The molecule has 6 atom stereocenters. The molecule has 1 saturated heterocycles. The quantitative estimate of drug-likeness (QED) is 0.308. The molecule has 2 aliphatic carbocycles. The third-order valence-corrected chi connectivity index (χ3v) is 9.96. The third-order valence-electron chi connectivity index (χ3n) is 6.18. The van der Waals surface area contributed by atoms with E-state index in [1.807, 2.05) is 0 Å². The zero-order valence-electron chi connectivity index (χ0n) is 16.0. The van der Waals surface area contributed by atoms with Gasteiger partial charge in [-0.1, -0.05) is 55.1 Å². The highest BCUT2D eigenvalue weighted by molar-refractivity contribution is 9.12. The topological polar surface area (TPSA) is 92.8 Å². The Hall–Kier alpha value is -1.16. The van der Waals surface area contributed by atoms with Crippen LogP contribution in [-0.4, -0.2) is 51.4 Å². The van der Waals surface area contributed by atoms with Gasteiger partial charge in [-0.3, -0.25) is 24.1 Å². The van der Waals surface area contributed by atoms with Gasteiger partial charge in [0.05, 0.1) is 29.0 Å². The van der Waals surface area contributed by atoms with Crippen molar-refractivity contribution in [2.75, 3.05) is 18.5 Å². The van der Waals surface area contributed by atoms with E-state index < -0.39 is 18.5 Å². The van der Waals surface area contributed by atoms with Crippen LogP contribution < -0.4 is 5.32 Å². The molecule has 2 bridgehead atoms. The van der Waals surface area contributed by atoms with Crippen molar-refractivity contribution in [2.24, 2.45) is 23.7 Å². The minimum absolute atomic E-state index is 0.0510. The molecule has 11 heteroatoms. The molecule has 1 aromatic carbocycles. The zero-order chi connectivity index (χ0) is 22.4. The van der Waals surface area contributed by atoms with Gasteiger partial charge in [-0.25, -0.2) is 0 Å². The summed E-state index contributed by atoms with van der Waals surface area (Å²) in [5, 5.41) is 3.20. The molecule has 7 nitrogen and oxygen atoms in total. The first kappa shape index (κ1) is 23.0. The number of rotatable bonds is 6. The molecule has 1 aromatic rings. The number of carbonyl (C=O) groups is 4. The van der Waals surface area contributed by atoms with Gasteiger partial charge in [-0.2, -0.15) is 0 Å². The van der Waals surface area contributed by atoms with Crippen LogP contribution in [-0.2, 0) is 23.9 Å². The Morgan fingerprint density at radius 2 is 1.71 bits per heavy atom. The highest BCUT2D eigenvalue weighted by Gasteiger charge is 2.66. The van der Waals surface area contributed by atoms with Crippen molar-refractivity contribution in [3.8, 4) is 0 Å². The van der Waals surface area contributed by atoms with Crippen LogP contribution in [0.2, 0.25) is 10.0 Å². The number of carbonyl (C=O) groups excluding carboxylic acids is 4. The molecule has 31 heavy (non-hydrogen) atoms. The summed E-state index contributed by atoms with van der Waals surface area (Å²) in [5.74, 6) is -2.09. The van der Waals surface area contributed by atoms with Gasteiger partial charge < -0.3 is 10.1 Å². The molecule has 1 aliphatic heterocycles. The summed E-state index contributed by atoms with van der Waals surface area (Å²) in [4.78, 5) is 51.2. The van der Waals surface area contributed by atoms with Crippen LogP contribution in [0.4, 0.5) is 5.69 Å². The predicted molar refractivity (Wildman–Crippen MR) is 121 cm³/mol. The third kappa shape index (κ3) is 4.26. The van der Waals surface area contributed by atoms with Crippen molar-refractivity contribution in [3.05, 3.63) is 28.2 Å². The Morgan fingerprint density at radius 1 is 1.10 bits per heavy atom. The molecule has 2 saturated carbocycles. The van der Waals surface area contributed by atoms with Crippen molar-refractivity contribution in [1.29, 1.82) is 0 Å². The second kappa shape index (κ2) is 9.00. The molecule has 3 aliphatic rings. The number of nitrogens with zero attached hydrogens (tertiary/aromatic N) is 1. The van der Waals surface area contributed by atoms with Crippen LogP contribution >= 0.6 is 55.1 Å². The van der Waals surface area contributed by atoms with Gasteiger partial charge in [0.15, 0.2) is 6.61 Å². The lowest BCUT2D eigenvalue weighted by Crippen LogP contribution is -2.37. The van der Waals surface area contributed by atoms with Crippen LogP contribution in [0.15, 0.2) is 18.2 Å². The monoisotopic (exact) mass is 594 g/mol. The summed E-state index contributed by atoms with van der Waals surface area (Å²) in [6, 6.07) is 4.59. The Balaban J connectivity index is 1.27. The molecule has 1 N–H and O–H groups in total. The standard InChI is InChI=1S/C20H18Br2Cl2N2O5/c21-17-9-6-10(18(17)22)16-15(9)19(29)26(20(16)30)4-3-14(28)31-7-13(27)25-12-5-8(23)1-2-11(12)24/h1-2,5,9-10,15-18H,3-4,6-7H2,(H,25,27)/t9-,10-,15-,16+,17-,18+/m1/s1. The molecule has 0 radical (unpaired) electrons. The van der Waals surface area contributed by atoms with Crippen LogP contribution in [0.5, 0.6) is 0 Å². The number of hydrogen-bond donors (Lipinski definition) is 1. The maximum Gasteiger partial charge on any atom is 0.308 e. The number of hydrogen-bond acceptors (Lipinski definition) is 5. The number of anilines is 1. The first-order chi connectivity index (χ1) is 14.7. The van der Waals surface area contributed by atoms with E-state index in [-0.39, 0.29) is 58.1 Å². The summed E-state index contributed by atoms with van der Waals surface area (Å²) < 4.78 is 4.97. The molecule has 3 amide bonds. The number of imide groups is 1. The van der Waals surface area contributed by atoms with Gasteiger partial charge in [0.25, 0.3) is 5.91 Å². The largest absolute Gasteiger partial charge is 0.456 e. The first-order valence-electron chi connectivity index (χ1n) is 9.73. The Labute approximate surface area is 205 Å². The average Bonchev–Trinajstić information content (AvgIpc) is 3.33. The number of ether oxygens (including phenoxy) is 1. The summed E-state index contributed by atoms with van der Waals surface area (Å²) in [6.07, 6.45) is 0.674. The van der Waals surface area contributed by atoms with Gasteiger partial charge >= 0.3 is 5.97 Å². The Bertz CT molecular complexity index is 929. The van der Waals surface area contributed by atoms with E-state index in [2.05, 4.69) is 37.2 Å². The maximum atomic E-state index is 12.8. The minimum atomic E-state index is -0.676. The van der Waals surface area contributed by atoms with E-state index in [0.717, 1.165) is 6.42 Å². The highest BCUT2D eigenvalue weighted by Crippen LogP contribution is 2.60. The van der Waals surface area contributed by atoms with Crippen LogP contribution in [0.3, 0.4) is 0 Å². The van der Waals surface area contributed by atoms with Gasteiger partial charge in [0.1, 0.15) is 0 Å². The highest BCUT2D eigenvalue weighted by atomic mass is 79.9. The number of alkyl halides is 2. The lowest BCUT2D eigenvalue weighted by atomic mass is 9.81. The zero-order valence-corrected chi connectivity index (χ0v) is 20.7. The number of esters is 1. The van der Waals surface area contributed by atoms with E-state index in [1.165, 1.54) is 17.0 Å². The number of halogens is 4. The van der Waals surface area contributed by atoms with E-state index in [1.54, 1.807) is 6.07 Å². The van der Waals surface area contributed by atoms with Crippen molar-refractivity contribution < 1.29 is 23.9 Å². The average molecular weight is 597 g/mol. The summed E-state index contributed by atoms with van der Waals surface area (Å²) in [5.41, 5.74) is 0.305. The number of fused-ring (bicyclic) bond motifs is 5. The molecular formula is C20H18Br2Cl2N2O5. The second-order valence-corrected chi connectivity index (χ2v) is 10.9. The molecule has 0 spiro atoms. The number of nitrogens with one attached hydrogen (secondary N) is 1. The summed E-state index contributed by atoms with van der Waals surface area (Å²) in [6.45, 7) is -0.569. The van der Waals surface area contributed by atoms with E-state index in [0.29, 0.717) is 15.7 Å². The van der Waals surface area contributed by atoms with Crippen molar-refractivity contribution in [3.63, 3.8) is 0 Å². The van der Waals surface area contributed by atoms with Crippen LogP contribution in [0.25, 0.3) is 0 Å². The van der Waals surface area contributed by atoms with Crippen molar-refractivity contribution in [1.82, 2.24) is 4.90 Å². The molecule has 4 rings (SSSR count). The number of amides is 3. The van der Waals surface area contributed by atoms with Crippen LogP contribution in [0.1, 0.15) is 12.8 Å². The summed E-state index contributed by atoms with van der Waals surface area (Å²) >= 11 is 19.1. The Morgan fingerprint density at radius 3 is 2.32 bits per heavy atom. The molecule has 166 valence electrons. The van der Waals surface area contributed by atoms with Gasteiger partial charge in [0, 0.05) is 21.2 Å².